The molecule has 0 radical (unpaired) electrons. The van der Waals surface area contributed by atoms with Crippen LogP contribution in [0, 0.1) is 0 Å². The van der Waals surface area contributed by atoms with Crippen molar-refractivity contribution in [1.82, 2.24) is 15.0 Å². The first-order chi connectivity index (χ1) is 23.8. The zero-order chi connectivity index (χ0) is 33.3. The second-order valence-electron chi connectivity index (χ2n) is 14.1. The molecule has 2 aromatic heterocycles. The van der Waals surface area contributed by atoms with E-state index in [1.165, 1.54) is 33.2 Å². The molecule has 9 rings (SSSR count). The van der Waals surface area contributed by atoms with E-state index in [1.807, 2.05) is 66.7 Å². The molecular weight excluding hydrogens is 599 g/mol. The molecule has 0 unspecified atom stereocenters. The van der Waals surface area contributed by atoms with Crippen LogP contribution >= 0.6 is 0 Å². The Morgan fingerprint density at radius 3 is 1.49 bits per heavy atom. The highest BCUT2D eigenvalue weighted by Gasteiger charge is 2.46. The van der Waals surface area contributed by atoms with Crippen molar-refractivity contribution in [2.75, 3.05) is 0 Å². The monoisotopic (exact) mass is 633 g/mol. The normalized spacial score (nSPS) is 14.4. The molecule has 0 saturated carbocycles. The van der Waals surface area contributed by atoms with Gasteiger partial charge in [-0.1, -0.05) is 143 Å². The smallest absolute Gasteiger partial charge is 0.164 e. The minimum atomic E-state index is -0.128. The zero-order valence-electron chi connectivity index (χ0n) is 28.0. The van der Waals surface area contributed by atoms with Crippen molar-refractivity contribution in [3.05, 3.63) is 151 Å². The van der Waals surface area contributed by atoms with E-state index >= 15 is 0 Å². The van der Waals surface area contributed by atoms with Crippen molar-refractivity contribution < 1.29 is 4.42 Å². The van der Waals surface area contributed by atoms with Gasteiger partial charge in [0.25, 0.3) is 0 Å². The van der Waals surface area contributed by atoms with E-state index in [0.717, 1.165) is 38.8 Å². The third-order valence-electron chi connectivity index (χ3n) is 10.9. The van der Waals surface area contributed by atoms with Gasteiger partial charge in [-0.2, -0.15) is 0 Å². The molecule has 0 aliphatic heterocycles. The van der Waals surface area contributed by atoms with Crippen LogP contribution in [0.1, 0.15) is 38.8 Å². The van der Waals surface area contributed by atoms with Gasteiger partial charge in [0, 0.05) is 27.5 Å². The Balaban J connectivity index is 1.13. The first kappa shape index (κ1) is 29.3. The molecule has 0 N–H and O–H groups in total. The van der Waals surface area contributed by atoms with Gasteiger partial charge in [-0.25, -0.2) is 15.0 Å². The van der Waals surface area contributed by atoms with E-state index in [2.05, 4.69) is 100 Å². The third-order valence-corrected chi connectivity index (χ3v) is 10.9. The van der Waals surface area contributed by atoms with E-state index in [-0.39, 0.29) is 10.8 Å². The van der Waals surface area contributed by atoms with Crippen molar-refractivity contribution in [3.8, 4) is 56.4 Å². The number of furan rings is 1. The number of rotatable bonds is 4. The summed E-state index contributed by atoms with van der Waals surface area (Å²) in [6.07, 6.45) is 0. The molecule has 1 aliphatic rings. The summed E-state index contributed by atoms with van der Waals surface area (Å²) in [7, 11) is 0. The Bertz CT molecular complexity index is 2470. The Labute approximate surface area is 286 Å². The molecule has 0 bridgehead atoms. The molecule has 1 aliphatic carbocycles. The van der Waals surface area contributed by atoms with Gasteiger partial charge in [-0.05, 0) is 68.5 Å². The topological polar surface area (TPSA) is 51.8 Å². The minimum Gasteiger partial charge on any atom is -0.456 e. The van der Waals surface area contributed by atoms with Crippen LogP contribution < -0.4 is 0 Å². The van der Waals surface area contributed by atoms with Gasteiger partial charge in [-0.15, -0.1) is 0 Å². The van der Waals surface area contributed by atoms with E-state index in [0.29, 0.717) is 17.5 Å². The predicted molar refractivity (Wildman–Crippen MR) is 200 cm³/mol. The van der Waals surface area contributed by atoms with Gasteiger partial charge >= 0.3 is 0 Å². The molecule has 0 amide bonds. The Hall–Kier alpha value is -5.87. The van der Waals surface area contributed by atoms with E-state index < -0.39 is 0 Å². The van der Waals surface area contributed by atoms with E-state index in [4.69, 9.17) is 19.4 Å². The quantitative estimate of drug-likeness (QED) is 0.193. The summed E-state index contributed by atoms with van der Waals surface area (Å²) in [5, 5.41) is 2.32. The lowest BCUT2D eigenvalue weighted by Crippen LogP contribution is -2.43. The van der Waals surface area contributed by atoms with Crippen LogP contribution in [0.5, 0.6) is 0 Å². The highest BCUT2D eigenvalue weighted by atomic mass is 16.3. The molecule has 6 aromatic carbocycles. The highest BCUT2D eigenvalue weighted by Crippen LogP contribution is 2.55. The number of hydrogen-bond donors (Lipinski definition) is 0. The van der Waals surface area contributed by atoms with E-state index in [9.17, 15) is 0 Å². The summed E-state index contributed by atoms with van der Waals surface area (Å²) in [5.41, 5.74) is 12.1. The highest BCUT2D eigenvalue weighted by molar-refractivity contribution is 6.07. The molecule has 0 atom stereocenters. The average molecular weight is 634 g/mol. The number of para-hydroxylation sites is 1. The maximum absolute atomic E-state index is 6.33. The van der Waals surface area contributed by atoms with Crippen LogP contribution in [0.3, 0.4) is 0 Å². The van der Waals surface area contributed by atoms with E-state index in [1.54, 1.807) is 0 Å². The lowest BCUT2D eigenvalue weighted by atomic mass is 9.55. The molecule has 236 valence electrons. The molecule has 4 nitrogen and oxygen atoms in total. The van der Waals surface area contributed by atoms with Crippen molar-refractivity contribution in [2.24, 2.45) is 0 Å². The number of fused-ring (bicyclic) bond motifs is 6. The molecule has 8 aromatic rings. The van der Waals surface area contributed by atoms with Crippen molar-refractivity contribution >= 4 is 21.9 Å². The van der Waals surface area contributed by atoms with Crippen LogP contribution in [-0.2, 0) is 10.8 Å². The number of nitrogens with zero attached hydrogens (tertiary/aromatic N) is 3. The predicted octanol–water partition coefficient (Wildman–Crippen LogP) is 11.7. The van der Waals surface area contributed by atoms with Crippen LogP contribution in [0.25, 0.3) is 78.4 Å². The van der Waals surface area contributed by atoms with Crippen LogP contribution in [-0.4, -0.2) is 15.0 Å². The summed E-state index contributed by atoms with van der Waals surface area (Å²) in [6.45, 7) is 9.49. The summed E-state index contributed by atoms with van der Waals surface area (Å²) in [5.74, 6) is 1.98. The second-order valence-corrected chi connectivity index (χ2v) is 14.1. The maximum atomic E-state index is 6.33. The Morgan fingerprint density at radius 2 is 0.878 bits per heavy atom. The average Bonchev–Trinajstić information content (AvgIpc) is 3.52. The summed E-state index contributed by atoms with van der Waals surface area (Å²) in [4.78, 5) is 14.7. The first-order valence-electron chi connectivity index (χ1n) is 16.9. The first-order valence-corrected chi connectivity index (χ1v) is 16.9. The number of benzene rings is 6. The lowest BCUT2D eigenvalue weighted by Gasteiger charge is -2.48. The van der Waals surface area contributed by atoms with Gasteiger partial charge in [0.1, 0.15) is 11.2 Å². The van der Waals surface area contributed by atoms with Crippen LogP contribution in [0.4, 0.5) is 0 Å². The Kier molecular flexibility index (Phi) is 6.47. The Morgan fingerprint density at radius 1 is 0.388 bits per heavy atom. The number of hydrogen-bond acceptors (Lipinski definition) is 4. The van der Waals surface area contributed by atoms with Crippen molar-refractivity contribution in [2.45, 2.75) is 38.5 Å². The molecule has 2 heterocycles. The largest absolute Gasteiger partial charge is 0.456 e. The molecule has 4 heteroatoms. The molecule has 0 spiro atoms. The standard InChI is InChI=1S/C45H35N3O/c1-44(2)37-25-32(23-24-33(37)35-26-36-34-17-11-12-18-39(34)49-40(36)27-38(35)45(44,3)4)28-19-21-31(22-20-28)43-47-41(29-13-7-5-8-14-29)46-42(48-43)30-15-9-6-10-16-30/h5-27H,1-4H3. The zero-order valence-corrected chi connectivity index (χ0v) is 28.0. The van der Waals surface area contributed by atoms with Crippen LogP contribution in [0.2, 0.25) is 0 Å². The maximum Gasteiger partial charge on any atom is 0.164 e. The fourth-order valence-corrected chi connectivity index (χ4v) is 7.41. The fourth-order valence-electron chi connectivity index (χ4n) is 7.41. The van der Waals surface area contributed by atoms with Crippen LogP contribution in [0.15, 0.2) is 144 Å². The summed E-state index contributed by atoms with van der Waals surface area (Å²) in [6, 6.07) is 48.7. The van der Waals surface area contributed by atoms with Gasteiger partial charge in [-0.3, -0.25) is 0 Å². The van der Waals surface area contributed by atoms with Gasteiger partial charge in [0.15, 0.2) is 17.5 Å². The number of aromatic nitrogens is 3. The minimum absolute atomic E-state index is 0.127. The van der Waals surface area contributed by atoms with Crippen molar-refractivity contribution in [3.63, 3.8) is 0 Å². The SMILES string of the molecule is CC1(C)c2cc(-c3ccc(-c4nc(-c5ccccc5)nc(-c5ccccc5)n4)cc3)ccc2-c2cc3c(cc2C1(C)C)oc1ccccc13. The summed E-state index contributed by atoms with van der Waals surface area (Å²) < 4.78 is 6.33. The molecule has 49 heavy (non-hydrogen) atoms. The molecular formula is C45H35N3O. The molecule has 0 saturated heterocycles. The lowest BCUT2D eigenvalue weighted by molar-refractivity contribution is 0.299. The molecule has 0 fully saturated rings. The third kappa shape index (κ3) is 4.62. The van der Waals surface area contributed by atoms with Crippen molar-refractivity contribution in [1.29, 1.82) is 0 Å². The fraction of sp³-hybridized carbons (Fsp3) is 0.133. The van der Waals surface area contributed by atoms with Gasteiger partial charge in [0.05, 0.1) is 0 Å². The van der Waals surface area contributed by atoms with Gasteiger partial charge in [0.2, 0.25) is 0 Å². The van der Waals surface area contributed by atoms with Gasteiger partial charge < -0.3 is 4.42 Å². The summed E-state index contributed by atoms with van der Waals surface area (Å²) >= 11 is 0. The second kappa shape index (κ2) is 10.8.